The number of hydrogen-bond donors (Lipinski definition) is 0. The number of fused-ring (bicyclic) bond motifs is 2. The lowest BCUT2D eigenvalue weighted by Gasteiger charge is -2.05. The van der Waals surface area contributed by atoms with Crippen molar-refractivity contribution in [3.63, 3.8) is 0 Å². The summed E-state index contributed by atoms with van der Waals surface area (Å²) >= 11 is 0. The SMILES string of the molecule is N#Cc1ccc2c(c1)=C1N=NC=C1CN=2. The minimum atomic E-state index is 0.625. The predicted octanol–water partition coefficient (Wildman–Crippen LogP) is 0.649. The molecular weight excluding hydrogens is 188 g/mol. The van der Waals surface area contributed by atoms with Gasteiger partial charge in [0.15, 0.2) is 0 Å². The van der Waals surface area contributed by atoms with Gasteiger partial charge in [-0.3, -0.25) is 4.99 Å². The molecule has 0 N–H and O–H groups in total. The zero-order valence-electron chi connectivity index (χ0n) is 7.81. The van der Waals surface area contributed by atoms with E-state index in [2.05, 4.69) is 21.3 Å². The number of hydrogen-bond acceptors (Lipinski definition) is 4. The summed E-state index contributed by atoms with van der Waals surface area (Å²) in [6.45, 7) is 0.626. The van der Waals surface area contributed by atoms with Crippen molar-refractivity contribution in [3.8, 4) is 6.07 Å². The Bertz CT molecular complexity index is 659. The highest BCUT2D eigenvalue weighted by Gasteiger charge is 2.14. The normalized spacial score (nSPS) is 16.2. The van der Waals surface area contributed by atoms with E-state index in [0.717, 1.165) is 21.8 Å². The van der Waals surface area contributed by atoms with E-state index >= 15 is 0 Å². The van der Waals surface area contributed by atoms with Crippen molar-refractivity contribution >= 4 is 5.70 Å². The summed E-state index contributed by atoms with van der Waals surface area (Å²) in [6, 6.07) is 7.54. The summed E-state index contributed by atoms with van der Waals surface area (Å²) in [5, 5.41) is 18.5. The molecule has 3 rings (SSSR count). The molecule has 0 radical (unpaired) electrons. The number of nitrogens with zero attached hydrogens (tertiary/aromatic N) is 4. The molecule has 2 aliphatic heterocycles. The van der Waals surface area contributed by atoms with Crippen LogP contribution in [0.15, 0.2) is 45.2 Å². The van der Waals surface area contributed by atoms with Crippen LogP contribution in [-0.2, 0) is 0 Å². The van der Waals surface area contributed by atoms with E-state index < -0.39 is 0 Å². The molecule has 0 aliphatic carbocycles. The van der Waals surface area contributed by atoms with Crippen LogP contribution in [0.3, 0.4) is 0 Å². The van der Waals surface area contributed by atoms with Gasteiger partial charge in [0.05, 0.1) is 29.7 Å². The van der Waals surface area contributed by atoms with Crippen molar-refractivity contribution in [2.75, 3.05) is 6.54 Å². The smallest absolute Gasteiger partial charge is 0.102 e. The molecule has 0 saturated carbocycles. The second-order valence-corrected chi connectivity index (χ2v) is 3.38. The average molecular weight is 194 g/mol. The number of azo groups is 1. The molecule has 0 fully saturated rings. The summed E-state index contributed by atoms with van der Waals surface area (Å²) in [5.41, 5.74) is 2.51. The van der Waals surface area contributed by atoms with Crippen molar-refractivity contribution in [2.45, 2.75) is 0 Å². The van der Waals surface area contributed by atoms with Gasteiger partial charge >= 0.3 is 0 Å². The summed E-state index contributed by atoms with van der Waals surface area (Å²) in [6.07, 6.45) is 1.72. The van der Waals surface area contributed by atoms with Crippen LogP contribution in [0.25, 0.3) is 5.70 Å². The quantitative estimate of drug-likeness (QED) is 0.598. The topological polar surface area (TPSA) is 60.9 Å². The molecule has 0 aromatic heterocycles. The van der Waals surface area contributed by atoms with Gasteiger partial charge in [-0.15, -0.1) is 0 Å². The summed E-state index contributed by atoms with van der Waals surface area (Å²) in [7, 11) is 0. The molecule has 1 aromatic rings. The van der Waals surface area contributed by atoms with Gasteiger partial charge in [-0.2, -0.15) is 15.5 Å². The molecule has 0 amide bonds. The monoisotopic (exact) mass is 194 g/mol. The highest BCUT2D eigenvalue weighted by Crippen LogP contribution is 2.19. The standard InChI is InChI=1S/C11H6N4/c12-4-7-1-2-10-9(3-7)11-8(5-13-10)6-14-15-11/h1-3,6H,5H2. The molecule has 4 heteroatoms. The minimum Gasteiger partial charge on any atom is -0.280 e. The third-order valence-electron chi connectivity index (χ3n) is 2.48. The van der Waals surface area contributed by atoms with Gasteiger partial charge in [-0.1, -0.05) is 0 Å². The van der Waals surface area contributed by atoms with Crippen molar-refractivity contribution in [1.29, 1.82) is 5.26 Å². The first-order chi connectivity index (χ1) is 7.38. The van der Waals surface area contributed by atoms with Crippen LogP contribution in [0.1, 0.15) is 5.56 Å². The number of nitriles is 1. The van der Waals surface area contributed by atoms with Crippen LogP contribution in [0, 0.1) is 11.3 Å². The fourth-order valence-electron chi connectivity index (χ4n) is 1.73. The minimum absolute atomic E-state index is 0.625. The first-order valence-electron chi connectivity index (χ1n) is 4.58. The van der Waals surface area contributed by atoms with Crippen LogP contribution in [0.5, 0.6) is 0 Å². The largest absolute Gasteiger partial charge is 0.280 e. The molecule has 0 spiro atoms. The van der Waals surface area contributed by atoms with Crippen LogP contribution >= 0.6 is 0 Å². The highest BCUT2D eigenvalue weighted by molar-refractivity contribution is 5.66. The van der Waals surface area contributed by atoms with Gasteiger partial charge in [-0.25, -0.2) is 0 Å². The van der Waals surface area contributed by atoms with Gasteiger partial charge in [0.2, 0.25) is 0 Å². The molecular formula is C11H6N4. The third kappa shape index (κ3) is 1.10. The predicted molar refractivity (Wildman–Crippen MR) is 53.2 cm³/mol. The van der Waals surface area contributed by atoms with E-state index in [-0.39, 0.29) is 0 Å². The van der Waals surface area contributed by atoms with Crippen LogP contribution < -0.4 is 10.6 Å². The Hall–Kier alpha value is -2.28. The van der Waals surface area contributed by atoms with Crippen molar-refractivity contribution in [1.82, 2.24) is 0 Å². The Morgan fingerprint density at radius 2 is 2.27 bits per heavy atom. The molecule has 1 aromatic carbocycles. The Balaban J connectivity index is 2.47. The van der Waals surface area contributed by atoms with E-state index in [1.807, 2.05) is 12.1 Å². The van der Waals surface area contributed by atoms with Gasteiger partial charge in [0, 0.05) is 10.8 Å². The third-order valence-corrected chi connectivity index (χ3v) is 2.48. The average Bonchev–Trinajstić information content (AvgIpc) is 2.76. The zero-order valence-corrected chi connectivity index (χ0v) is 7.81. The first kappa shape index (κ1) is 8.06. The Kier molecular flexibility index (Phi) is 1.53. The Morgan fingerprint density at radius 1 is 1.33 bits per heavy atom. The van der Waals surface area contributed by atoms with E-state index in [4.69, 9.17) is 5.26 Å². The summed E-state index contributed by atoms with van der Waals surface area (Å²) in [4.78, 5) is 4.39. The second kappa shape index (κ2) is 2.85. The second-order valence-electron chi connectivity index (χ2n) is 3.38. The molecule has 0 unspecified atom stereocenters. The van der Waals surface area contributed by atoms with Crippen molar-refractivity contribution in [3.05, 3.63) is 46.1 Å². The van der Waals surface area contributed by atoms with Crippen LogP contribution in [0.4, 0.5) is 0 Å². The first-order valence-corrected chi connectivity index (χ1v) is 4.58. The zero-order chi connectivity index (χ0) is 10.3. The molecule has 0 atom stereocenters. The fourth-order valence-corrected chi connectivity index (χ4v) is 1.73. The molecule has 15 heavy (non-hydrogen) atoms. The van der Waals surface area contributed by atoms with Crippen LogP contribution in [0.2, 0.25) is 0 Å². The van der Waals surface area contributed by atoms with Gasteiger partial charge < -0.3 is 0 Å². The summed E-state index contributed by atoms with van der Waals surface area (Å²) in [5.74, 6) is 0. The molecule has 0 saturated heterocycles. The maximum atomic E-state index is 8.82. The van der Waals surface area contributed by atoms with Crippen molar-refractivity contribution < 1.29 is 0 Å². The maximum absolute atomic E-state index is 8.82. The van der Waals surface area contributed by atoms with E-state index in [1.165, 1.54) is 0 Å². The van der Waals surface area contributed by atoms with E-state index in [0.29, 0.717) is 12.1 Å². The Labute approximate surface area is 85.6 Å². The van der Waals surface area contributed by atoms with Gasteiger partial charge in [-0.05, 0) is 18.2 Å². The van der Waals surface area contributed by atoms with E-state index in [1.54, 1.807) is 12.3 Å². The molecule has 4 nitrogen and oxygen atoms in total. The molecule has 0 bridgehead atoms. The Morgan fingerprint density at radius 3 is 3.13 bits per heavy atom. The maximum Gasteiger partial charge on any atom is 0.102 e. The van der Waals surface area contributed by atoms with Gasteiger partial charge in [0.1, 0.15) is 5.70 Å². The lowest BCUT2D eigenvalue weighted by molar-refractivity contribution is 1.06. The molecule has 2 heterocycles. The number of benzene rings is 1. The summed E-state index contributed by atoms with van der Waals surface area (Å²) < 4.78 is 0. The van der Waals surface area contributed by atoms with Crippen LogP contribution in [-0.4, -0.2) is 6.54 Å². The fraction of sp³-hybridized carbons (Fsp3) is 0.0909. The van der Waals surface area contributed by atoms with Gasteiger partial charge in [0.25, 0.3) is 0 Å². The van der Waals surface area contributed by atoms with E-state index in [9.17, 15) is 0 Å². The number of rotatable bonds is 0. The lowest BCUT2D eigenvalue weighted by Crippen LogP contribution is -2.31. The highest BCUT2D eigenvalue weighted by atomic mass is 15.1. The molecule has 70 valence electrons. The molecule has 2 aliphatic rings. The lowest BCUT2D eigenvalue weighted by atomic mass is 10.1. The van der Waals surface area contributed by atoms with Crippen molar-refractivity contribution in [2.24, 2.45) is 15.2 Å².